The Hall–Kier alpha value is -1.22. The summed E-state index contributed by atoms with van der Waals surface area (Å²) in [7, 11) is 0. The molecule has 1 aliphatic rings. The third-order valence-electron chi connectivity index (χ3n) is 5.14. The molecular weight excluding hydrogens is 252 g/mol. The second-order valence-electron chi connectivity index (χ2n) is 6.76. The van der Waals surface area contributed by atoms with Gasteiger partial charge in [-0.15, -0.1) is 6.42 Å². The first-order valence-electron chi connectivity index (χ1n) is 8.87. The van der Waals surface area contributed by atoms with E-state index in [1.54, 1.807) is 0 Å². The summed E-state index contributed by atoms with van der Waals surface area (Å²) in [4.78, 5) is 0. The number of hydrogen-bond acceptors (Lipinski definition) is 0. The first kappa shape index (κ1) is 16.2. The van der Waals surface area contributed by atoms with E-state index in [2.05, 4.69) is 37.1 Å². The minimum absolute atomic E-state index is 0.958. The van der Waals surface area contributed by atoms with E-state index in [9.17, 15) is 0 Å². The van der Waals surface area contributed by atoms with Gasteiger partial charge in [0.05, 0.1) is 0 Å². The fraction of sp³-hybridized carbons (Fsp3) is 0.619. The van der Waals surface area contributed by atoms with Gasteiger partial charge in [0.1, 0.15) is 0 Å². The molecule has 2 rings (SSSR count). The van der Waals surface area contributed by atoms with Gasteiger partial charge in [0.2, 0.25) is 0 Å². The number of hydrogen-bond donors (Lipinski definition) is 0. The molecule has 0 aromatic heterocycles. The predicted molar refractivity (Wildman–Crippen MR) is 92.3 cm³/mol. The summed E-state index contributed by atoms with van der Waals surface area (Å²) in [6.07, 6.45) is 19.6. The number of terminal acetylenes is 1. The lowest BCUT2D eigenvalue weighted by Gasteiger charge is -2.28. The van der Waals surface area contributed by atoms with Gasteiger partial charge >= 0.3 is 0 Å². The minimum atomic E-state index is 0.958. The van der Waals surface area contributed by atoms with E-state index in [4.69, 9.17) is 6.42 Å². The van der Waals surface area contributed by atoms with Crippen molar-refractivity contribution < 1.29 is 0 Å². The molecule has 0 N–H and O–H groups in total. The standard InChI is InChI=1S/C21H30/c1-3-5-6-7-19-12-14-21(15-13-19)17-16-20-10-8-18(4-2)9-11-20/h2,8-11,19,21H,3,5-7,12-17H2,1H3/t19-,21-. The molecule has 0 aliphatic heterocycles. The van der Waals surface area contributed by atoms with Crippen LogP contribution < -0.4 is 0 Å². The maximum atomic E-state index is 5.40. The molecule has 0 heteroatoms. The summed E-state index contributed by atoms with van der Waals surface area (Å²) >= 11 is 0. The van der Waals surface area contributed by atoms with E-state index in [0.717, 1.165) is 17.4 Å². The number of aryl methyl sites for hydroxylation is 1. The van der Waals surface area contributed by atoms with Gasteiger partial charge < -0.3 is 0 Å². The molecule has 0 spiro atoms. The molecule has 0 atom stereocenters. The average Bonchev–Trinajstić information content (AvgIpc) is 2.55. The highest BCUT2D eigenvalue weighted by Gasteiger charge is 2.20. The van der Waals surface area contributed by atoms with Crippen molar-refractivity contribution in [1.82, 2.24) is 0 Å². The van der Waals surface area contributed by atoms with E-state index >= 15 is 0 Å². The van der Waals surface area contributed by atoms with Gasteiger partial charge in [0, 0.05) is 5.56 Å². The second kappa shape index (κ2) is 8.93. The van der Waals surface area contributed by atoms with Crippen molar-refractivity contribution >= 4 is 0 Å². The van der Waals surface area contributed by atoms with Crippen molar-refractivity contribution in [2.45, 2.75) is 71.1 Å². The van der Waals surface area contributed by atoms with E-state index in [-0.39, 0.29) is 0 Å². The van der Waals surface area contributed by atoms with Crippen LogP contribution in [0.15, 0.2) is 24.3 Å². The maximum Gasteiger partial charge on any atom is 0.0242 e. The molecule has 0 radical (unpaired) electrons. The van der Waals surface area contributed by atoms with Crippen LogP contribution in [-0.2, 0) is 6.42 Å². The Kier molecular flexibility index (Phi) is 6.87. The molecular formula is C21H30. The Balaban J connectivity index is 1.65. The lowest BCUT2D eigenvalue weighted by Crippen LogP contribution is -2.15. The van der Waals surface area contributed by atoms with Crippen molar-refractivity contribution in [3.8, 4) is 12.3 Å². The number of rotatable bonds is 7. The Morgan fingerprint density at radius 1 is 0.952 bits per heavy atom. The fourth-order valence-electron chi connectivity index (χ4n) is 3.63. The van der Waals surface area contributed by atoms with Gasteiger partial charge in [-0.1, -0.05) is 76.3 Å². The smallest absolute Gasteiger partial charge is 0.0242 e. The van der Waals surface area contributed by atoms with Crippen LogP contribution in [-0.4, -0.2) is 0 Å². The monoisotopic (exact) mass is 282 g/mol. The van der Waals surface area contributed by atoms with Crippen LogP contribution in [0.3, 0.4) is 0 Å². The molecule has 114 valence electrons. The fourth-order valence-corrected chi connectivity index (χ4v) is 3.63. The Bertz CT molecular complexity index is 426. The first-order valence-corrected chi connectivity index (χ1v) is 8.87. The predicted octanol–water partition coefficient (Wildman–Crippen LogP) is 5.99. The molecule has 1 aromatic carbocycles. The van der Waals surface area contributed by atoms with Crippen LogP contribution in [0.2, 0.25) is 0 Å². The molecule has 0 heterocycles. The van der Waals surface area contributed by atoms with Crippen molar-refractivity contribution in [2.75, 3.05) is 0 Å². The summed E-state index contributed by atoms with van der Waals surface area (Å²) in [5.41, 5.74) is 2.44. The molecule has 0 saturated heterocycles. The molecule has 1 aliphatic carbocycles. The van der Waals surface area contributed by atoms with Crippen LogP contribution >= 0.6 is 0 Å². The number of benzene rings is 1. The van der Waals surface area contributed by atoms with Crippen LogP contribution in [0.5, 0.6) is 0 Å². The largest absolute Gasteiger partial charge is 0.115 e. The van der Waals surface area contributed by atoms with Crippen LogP contribution in [0.4, 0.5) is 0 Å². The van der Waals surface area contributed by atoms with Crippen molar-refractivity contribution in [3.63, 3.8) is 0 Å². The quantitative estimate of drug-likeness (QED) is 0.426. The highest BCUT2D eigenvalue weighted by Crippen LogP contribution is 2.34. The van der Waals surface area contributed by atoms with Crippen LogP contribution in [0.1, 0.15) is 75.8 Å². The van der Waals surface area contributed by atoms with Gasteiger partial charge in [-0.25, -0.2) is 0 Å². The average molecular weight is 282 g/mol. The topological polar surface area (TPSA) is 0 Å². The van der Waals surface area contributed by atoms with Gasteiger partial charge in [0.15, 0.2) is 0 Å². The highest BCUT2D eigenvalue weighted by atomic mass is 14.3. The van der Waals surface area contributed by atoms with Crippen LogP contribution in [0, 0.1) is 24.2 Å². The van der Waals surface area contributed by atoms with Crippen molar-refractivity contribution in [1.29, 1.82) is 0 Å². The Morgan fingerprint density at radius 2 is 1.57 bits per heavy atom. The third kappa shape index (κ3) is 5.58. The first-order chi connectivity index (χ1) is 10.3. The Labute approximate surface area is 131 Å². The third-order valence-corrected chi connectivity index (χ3v) is 5.14. The summed E-state index contributed by atoms with van der Waals surface area (Å²) in [5, 5.41) is 0. The molecule has 1 saturated carbocycles. The second-order valence-corrected chi connectivity index (χ2v) is 6.76. The van der Waals surface area contributed by atoms with Crippen molar-refractivity contribution in [3.05, 3.63) is 35.4 Å². The van der Waals surface area contributed by atoms with E-state index in [1.807, 2.05) is 0 Å². The van der Waals surface area contributed by atoms with Crippen molar-refractivity contribution in [2.24, 2.45) is 11.8 Å². The summed E-state index contributed by atoms with van der Waals surface area (Å²) in [6.45, 7) is 2.30. The summed E-state index contributed by atoms with van der Waals surface area (Å²) in [5.74, 6) is 4.67. The zero-order valence-electron chi connectivity index (χ0n) is 13.6. The van der Waals surface area contributed by atoms with Gasteiger partial charge in [-0.3, -0.25) is 0 Å². The molecule has 0 amide bonds. The zero-order chi connectivity index (χ0) is 14.9. The molecule has 1 fully saturated rings. The lowest BCUT2D eigenvalue weighted by atomic mass is 9.78. The lowest BCUT2D eigenvalue weighted by molar-refractivity contribution is 0.249. The van der Waals surface area contributed by atoms with Gasteiger partial charge in [0.25, 0.3) is 0 Å². The molecule has 0 bridgehead atoms. The number of unbranched alkanes of at least 4 members (excludes halogenated alkanes) is 2. The molecule has 1 aromatic rings. The SMILES string of the molecule is C#Cc1ccc(CC[C@H]2CC[C@H](CCCCC)CC2)cc1. The normalized spacial score (nSPS) is 21.9. The van der Waals surface area contributed by atoms with E-state index in [0.29, 0.717) is 0 Å². The summed E-state index contributed by atoms with van der Waals surface area (Å²) < 4.78 is 0. The van der Waals surface area contributed by atoms with Gasteiger partial charge in [-0.2, -0.15) is 0 Å². The molecule has 21 heavy (non-hydrogen) atoms. The summed E-state index contributed by atoms with van der Waals surface area (Å²) in [6, 6.07) is 8.54. The zero-order valence-corrected chi connectivity index (χ0v) is 13.6. The van der Waals surface area contributed by atoms with Crippen LogP contribution in [0.25, 0.3) is 0 Å². The van der Waals surface area contributed by atoms with Gasteiger partial charge in [-0.05, 0) is 42.4 Å². The Morgan fingerprint density at radius 3 is 2.14 bits per heavy atom. The highest BCUT2D eigenvalue weighted by molar-refractivity contribution is 5.34. The maximum absolute atomic E-state index is 5.40. The van der Waals surface area contributed by atoms with E-state index < -0.39 is 0 Å². The minimum Gasteiger partial charge on any atom is -0.115 e. The molecule has 0 unspecified atom stereocenters. The molecule has 0 nitrogen and oxygen atoms in total. The van der Waals surface area contributed by atoms with E-state index in [1.165, 1.54) is 69.8 Å².